The predicted molar refractivity (Wildman–Crippen MR) is 118 cm³/mol. The maximum atomic E-state index is 12.6. The number of likely N-dealkylation sites (tertiary alicyclic amines) is 1. The molecule has 5 nitrogen and oxygen atoms in total. The number of aryl methyl sites for hydroxylation is 1. The first-order chi connectivity index (χ1) is 13.6. The lowest BCUT2D eigenvalue weighted by molar-refractivity contribution is -0.137. The first kappa shape index (κ1) is 23.5. The van der Waals surface area contributed by atoms with Crippen LogP contribution in [0.25, 0.3) is 0 Å². The van der Waals surface area contributed by atoms with Gasteiger partial charge in [-0.15, -0.1) is 0 Å². The number of hydrogen-bond acceptors (Lipinski definition) is 3. The van der Waals surface area contributed by atoms with Gasteiger partial charge in [0, 0.05) is 30.1 Å². The third-order valence-corrected chi connectivity index (χ3v) is 6.26. The van der Waals surface area contributed by atoms with Crippen LogP contribution in [0.5, 0.6) is 5.75 Å². The Morgan fingerprint density at radius 1 is 1.17 bits per heavy atom. The summed E-state index contributed by atoms with van der Waals surface area (Å²) in [5, 5.41) is 3.80. The highest BCUT2D eigenvalue weighted by Crippen LogP contribution is 2.32. The third kappa shape index (κ3) is 6.36. The molecule has 6 heteroatoms. The number of carbonyl (C=O) groups excluding carboxylic acids is 2. The monoisotopic (exact) mass is 422 g/mol. The number of hydrogen-bond donors (Lipinski definition) is 1. The van der Waals surface area contributed by atoms with Crippen molar-refractivity contribution in [1.82, 2.24) is 10.2 Å². The molecule has 1 atom stereocenters. The van der Waals surface area contributed by atoms with Crippen molar-refractivity contribution in [3.63, 3.8) is 0 Å². The number of amides is 2. The topological polar surface area (TPSA) is 58.6 Å². The molecule has 1 N–H and O–H groups in total. The molecular weight excluding hydrogens is 388 g/mol. The Balaban J connectivity index is 1.88. The van der Waals surface area contributed by atoms with Crippen LogP contribution in [0.2, 0.25) is 5.02 Å². The summed E-state index contributed by atoms with van der Waals surface area (Å²) in [6.07, 6.45) is 1.39. The second-order valence-corrected chi connectivity index (χ2v) is 9.19. The van der Waals surface area contributed by atoms with E-state index in [1.165, 1.54) is 0 Å². The van der Waals surface area contributed by atoms with Gasteiger partial charge in [0.25, 0.3) is 5.91 Å². The molecule has 1 aliphatic rings. The summed E-state index contributed by atoms with van der Waals surface area (Å²) in [6.45, 7) is 13.5. The van der Waals surface area contributed by atoms with Crippen molar-refractivity contribution in [1.29, 1.82) is 0 Å². The van der Waals surface area contributed by atoms with E-state index in [9.17, 15) is 9.59 Å². The van der Waals surface area contributed by atoms with Gasteiger partial charge in [0.1, 0.15) is 5.75 Å². The first-order valence-electron chi connectivity index (χ1n) is 10.6. The van der Waals surface area contributed by atoms with E-state index in [0.29, 0.717) is 42.6 Å². The van der Waals surface area contributed by atoms with Gasteiger partial charge in [-0.25, -0.2) is 0 Å². The SMILES string of the molecule is Cc1cc(OCC(=O)N2CCC(C(=O)NC(C)C(C)C)CC2)c(C(C)C)cc1Cl. The molecule has 29 heavy (non-hydrogen) atoms. The molecule has 0 aromatic heterocycles. The fourth-order valence-electron chi connectivity index (χ4n) is 3.38. The lowest BCUT2D eigenvalue weighted by Gasteiger charge is -2.32. The molecule has 1 heterocycles. The minimum Gasteiger partial charge on any atom is -0.483 e. The Bertz CT molecular complexity index is 725. The lowest BCUT2D eigenvalue weighted by atomic mass is 9.95. The molecular formula is C23H35ClN2O3. The van der Waals surface area contributed by atoms with Gasteiger partial charge in [0.2, 0.25) is 5.91 Å². The number of piperidine rings is 1. The molecule has 1 fully saturated rings. The molecule has 1 saturated heterocycles. The van der Waals surface area contributed by atoms with E-state index in [4.69, 9.17) is 16.3 Å². The summed E-state index contributed by atoms with van der Waals surface area (Å²) in [5.41, 5.74) is 1.93. The molecule has 2 amide bonds. The molecule has 1 aliphatic heterocycles. The molecule has 1 aromatic rings. The number of halogens is 1. The summed E-state index contributed by atoms with van der Waals surface area (Å²) in [7, 11) is 0. The normalized spacial score (nSPS) is 16.2. The third-order valence-electron chi connectivity index (χ3n) is 5.85. The Kier molecular flexibility index (Phi) is 8.38. The van der Waals surface area contributed by atoms with Crippen molar-refractivity contribution >= 4 is 23.4 Å². The Hall–Kier alpha value is -1.75. The van der Waals surface area contributed by atoms with Crippen molar-refractivity contribution in [2.24, 2.45) is 11.8 Å². The Morgan fingerprint density at radius 3 is 2.34 bits per heavy atom. The highest BCUT2D eigenvalue weighted by Gasteiger charge is 2.28. The van der Waals surface area contributed by atoms with Crippen molar-refractivity contribution in [2.45, 2.75) is 66.3 Å². The van der Waals surface area contributed by atoms with E-state index in [-0.39, 0.29) is 36.3 Å². The van der Waals surface area contributed by atoms with Gasteiger partial charge in [-0.2, -0.15) is 0 Å². The van der Waals surface area contributed by atoms with Crippen LogP contribution in [-0.2, 0) is 9.59 Å². The maximum Gasteiger partial charge on any atom is 0.260 e. The highest BCUT2D eigenvalue weighted by atomic mass is 35.5. The van der Waals surface area contributed by atoms with Crippen molar-refractivity contribution in [3.8, 4) is 5.75 Å². The van der Waals surface area contributed by atoms with Crippen LogP contribution >= 0.6 is 11.6 Å². The summed E-state index contributed by atoms with van der Waals surface area (Å²) in [6, 6.07) is 3.98. The molecule has 1 aromatic carbocycles. The largest absolute Gasteiger partial charge is 0.483 e. The Morgan fingerprint density at radius 2 is 1.79 bits per heavy atom. The van der Waals surface area contributed by atoms with Gasteiger partial charge in [0.05, 0.1) is 0 Å². The van der Waals surface area contributed by atoms with E-state index in [0.717, 1.165) is 11.1 Å². The molecule has 0 aliphatic carbocycles. The number of carbonyl (C=O) groups is 2. The van der Waals surface area contributed by atoms with Crippen molar-refractivity contribution < 1.29 is 14.3 Å². The molecule has 0 saturated carbocycles. The summed E-state index contributed by atoms with van der Waals surface area (Å²) < 4.78 is 5.87. The second kappa shape index (κ2) is 10.3. The minimum atomic E-state index is -0.0401. The van der Waals surface area contributed by atoms with Crippen LogP contribution in [0.15, 0.2) is 12.1 Å². The second-order valence-electron chi connectivity index (χ2n) is 8.78. The van der Waals surface area contributed by atoms with Crippen molar-refractivity contribution in [3.05, 3.63) is 28.3 Å². The first-order valence-corrected chi connectivity index (χ1v) is 11.0. The van der Waals surface area contributed by atoms with E-state index in [1.807, 2.05) is 26.0 Å². The van der Waals surface area contributed by atoms with E-state index < -0.39 is 0 Å². The van der Waals surface area contributed by atoms with E-state index >= 15 is 0 Å². The average Bonchev–Trinajstić information content (AvgIpc) is 2.68. The average molecular weight is 423 g/mol. The van der Waals surface area contributed by atoms with Gasteiger partial charge in [-0.3, -0.25) is 9.59 Å². The standard InChI is InChI=1S/C23H35ClN2O3/c1-14(2)17(6)25-23(28)18-7-9-26(10-8-18)22(27)13-29-21-11-16(5)20(24)12-19(21)15(3)4/h11-12,14-15,17-18H,7-10,13H2,1-6H3,(H,25,28). The summed E-state index contributed by atoms with van der Waals surface area (Å²) in [5.74, 6) is 1.42. The fourth-order valence-corrected chi connectivity index (χ4v) is 3.55. The van der Waals surface area contributed by atoms with Crippen LogP contribution in [-0.4, -0.2) is 42.5 Å². The number of nitrogens with zero attached hydrogens (tertiary/aromatic N) is 1. The zero-order chi connectivity index (χ0) is 21.7. The van der Waals surface area contributed by atoms with E-state index in [1.54, 1.807) is 4.90 Å². The van der Waals surface area contributed by atoms with Gasteiger partial charge >= 0.3 is 0 Å². The molecule has 162 valence electrons. The molecule has 0 bridgehead atoms. The van der Waals surface area contributed by atoms with Crippen LogP contribution in [0, 0.1) is 18.8 Å². The molecule has 0 radical (unpaired) electrons. The quantitative estimate of drug-likeness (QED) is 0.701. The summed E-state index contributed by atoms with van der Waals surface area (Å²) in [4.78, 5) is 26.8. The number of nitrogens with one attached hydrogen (secondary N) is 1. The maximum absolute atomic E-state index is 12.6. The van der Waals surface area contributed by atoms with E-state index in [2.05, 4.69) is 33.0 Å². The number of ether oxygens (including phenoxy) is 1. The van der Waals surface area contributed by atoms with Gasteiger partial charge < -0.3 is 15.0 Å². The minimum absolute atomic E-state index is 0.00202. The van der Waals surface area contributed by atoms with Crippen molar-refractivity contribution in [2.75, 3.05) is 19.7 Å². The number of benzene rings is 1. The molecule has 2 rings (SSSR count). The number of rotatable bonds is 7. The fraction of sp³-hybridized carbons (Fsp3) is 0.652. The summed E-state index contributed by atoms with van der Waals surface area (Å²) >= 11 is 6.24. The van der Waals surface area contributed by atoms with Crippen LogP contribution in [0.1, 0.15) is 64.5 Å². The Labute approximate surface area is 180 Å². The zero-order valence-corrected chi connectivity index (χ0v) is 19.3. The van der Waals surface area contributed by atoms with Crippen LogP contribution in [0.4, 0.5) is 0 Å². The van der Waals surface area contributed by atoms with Crippen LogP contribution in [0.3, 0.4) is 0 Å². The molecule has 1 unspecified atom stereocenters. The predicted octanol–water partition coefficient (Wildman–Crippen LogP) is 4.55. The highest BCUT2D eigenvalue weighted by molar-refractivity contribution is 6.31. The van der Waals surface area contributed by atoms with Crippen LogP contribution < -0.4 is 10.1 Å². The smallest absolute Gasteiger partial charge is 0.260 e. The van der Waals surface area contributed by atoms with Gasteiger partial charge in [-0.05, 0) is 61.8 Å². The van der Waals surface area contributed by atoms with Gasteiger partial charge in [-0.1, -0.05) is 39.3 Å². The van der Waals surface area contributed by atoms with Gasteiger partial charge in [0.15, 0.2) is 6.61 Å². The zero-order valence-electron chi connectivity index (χ0n) is 18.5. The lowest BCUT2D eigenvalue weighted by Crippen LogP contribution is -2.46. The molecule has 0 spiro atoms.